The molecule has 0 heterocycles. The number of nitrogens with one attached hydrogen (secondary N) is 1. The third kappa shape index (κ3) is 4.81. The number of unbranched alkanes of at least 4 members (excludes halogenated alkanes) is 2. The van der Waals surface area contributed by atoms with Crippen molar-refractivity contribution in [2.45, 2.75) is 39.2 Å². The summed E-state index contributed by atoms with van der Waals surface area (Å²) in [6.07, 6.45) is 3.34. The molecule has 0 aliphatic carbocycles. The number of nitrogens with zero attached hydrogens (tertiary/aromatic N) is 1. The molecular formula is C15H24FN3O. The number of anilines is 2. The summed E-state index contributed by atoms with van der Waals surface area (Å²) in [5, 5.41) is 2.59. The van der Waals surface area contributed by atoms with E-state index >= 15 is 0 Å². The molecule has 3 N–H and O–H groups in total. The van der Waals surface area contributed by atoms with E-state index in [-0.39, 0.29) is 17.6 Å². The van der Waals surface area contributed by atoms with Crippen molar-refractivity contribution in [3.8, 4) is 0 Å². The minimum atomic E-state index is -0.478. The second kappa shape index (κ2) is 7.85. The van der Waals surface area contributed by atoms with Crippen LogP contribution in [-0.2, 0) is 4.79 Å². The van der Waals surface area contributed by atoms with Crippen LogP contribution in [0.15, 0.2) is 18.2 Å². The van der Waals surface area contributed by atoms with E-state index in [0.29, 0.717) is 5.69 Å². The minimum absolute atomic E-state index is 0.129. The number of amides is 1. The molecule has 0 saturated heterocycles. The molecule has 0 fully saturated rings. The monoisotopic (exact) mass is 281 g/mol. The van der Waals surface area contributed by atoms with E-state index in [1.54, 1.807) is 0 Å². The Bertz CT molecular complexity index is 451. The zero-order chi connectivity index (χ0) is 15.1. The molecule has 4 nitrogen and oxygen atoms in total. The van der Waals surface area contributed by atoms with Gasteiger partial charge in [0.25, 0.3) is 0 Å². The number of carbonyl (C=O) groups excluding carboxylic acids is 1. The largest absolute Gasteiger partial charge is 0.399 e. The fourth-order valence-corrected chi connectivity index (χ4v) is 1.88. The second-order valence-electron chi connectivity index (χ2n) is 5.09. The Morgan fingerprint density at radius 3 is 2.80 bits per heavy atom. The Balaban J connectivity index is 2.58. The van der Waals surface area contributed by atoms with Crippen molar-refractivity contribution in [1.82, 2.24) is 4.90 Å². The molecule has 112 valence electrons. The third-order valence-corrected chi connectivity index (χ3v) is 3.40. The van der Waals surface area contributed by atoms with Crippen LogP contribution in [0.2, 0.25) is 0 Å². The molecule has 20 heavy (non-hydrogen) atoms. The smallest absolute Gasteiger partial charge is 0.241 e. The normalized spacial score (nSPS) is 12.4. The van der Waals surface area contributed by atoms with Crippen molar-refractivity contribution in [3.63, 3.8) is 0 Å². The Hall–Kier alpha value is -1.62. The lowest BCUT2D eigenvalue weighted by Gasteiger charge is -2.23. The summed E-state index contributed by atoms with van der Waals surface area (Å²) in [7, 11) is 1.90. The number of halogens is 1. The first-order valence-electron chi connectivity index (χ1n) is 7.01. The summed E-state index contributed by atoms with van der Waals surface area (Å²) < 4.78 is 13.6. The molecule has 0 aliphatic rings. The highest BCUT2D eigenvalue weighted by molar-refractivity contribution is 5.95. The Morgan fingerprint density at radius 2 is 2.15 bits per heavy atom. The topological polar surface area (TPSA) is 58.4 Å². The number of benzene rings is 1. The number of likely N-dealkylation sites (N-methyl/N-ethyl adjacent to an activating group) is 1. The highest BCUT2D eigenvalue weighted by atomic mass is 19.1. The van der Waals surface area contributed by atoms with Gasteiger partial charge in [0.2, 0.25) is 5.91 Å². The Kier molecular flexibility index (Phi) is 6.45. The molecular weight excluding hydrogens is 257 g/mol. The first-order valence-corrected chi connectivity index (χ1v) is 7.01. The first kappa shape index (κ1) is 16.4. The molecule has 1 amide bonds. The fourth-order valence-electron chi connectivity index (χ4n) is 1.88. The van der Waals surface area contributed by atoms with Crippen LogP contribution >= 0.6 is 0 Å². The van der Waals surface area contributed by atoms with E-state index < -0.39 is 5.82 Å². The van der Waals surface area contributed by atoms with Crippen LogP contribution in [-0.4, -0.2) is 30.4 Å². The molecule has 0 spiro atoms. The predicted octanol–water partition coefficient (Wildman–Crippen LogP) is 2.86. The summed E-state index contributed by atoms with van der Waals surface area (Å²) in [5.41, 5.74) is 6.14. The molecule has 0 bridgehead atoms. The highest BCUT2D eigenvalue weighted by Gasteiger charge is 2.18. The van der Waals surface area contributed by atoms with E-state index in [0.717, 1.165) is 25.8 Å². The van der Waals surface area contributed by atoms with Gasteiger partial charge in [-0.15, -0.1) is 0 Å². The van der Waals surface area contributed by atoms with Crippen molar-refractivity contribution >= 4 is 17.3 Å². The van der Waals surface area contributed by atoms with Crippen molar-refractivity contribution in [2.24, 2.45) is 0 Å². The SMILES string of the molecule is CCCCCN(C)C(C)C(=O)Nc1cc(N)ccc1F. The standard InChI is InChI=1S/C15H24FN3O/c1-4-5-6-9-19(3)11(2)15(20)18-14-10-12(17)7-8-13(14)16/h7-8,10-11H,4-6,9,17H2,1-3H3,(H,18,20). The van der Waals surface area contributed by atoms with Crippen LogP contribution in [0.4, 0.5) is 15.8 Å². The fraction of sp³-hybridized carbons (Fsp3) is 0.533. The Morgan fingerprint density at radius 1 is 1.45 bits per heavy atom. The molecule has 1 rings (SSSR count). The molecule has 5 heteroatoms. The number of nitrogens with two attached hydrogens (primary N) is 1. The second-order valence-corrected chi connectivity index (χ2v) is 5.09. The molecule has 0 aliphatic heterocycles. The summed E-state index contributed by atoms with van der Waals surface area (Å²) in [4.78, 5) is 14.1. The molecule has 1 aromatic rings. The molecule has 0 radical (unpaired) electrons. The van der Waals surface area contributed by atoms with Crippen LogP contribution in [0.5, 0.6) is 0 Å². The third-order valence-electron chi connectivity index (χ3n) is 3.40. The summed E-state index contributed by atoms with van der Waals surface area (Å²) >= 11 is 0. The zero-order valence-corrected chi connectivity index (χ0v) is 12.4. The van der Waals surface area contributed by atoms with Crippen LogP contribution in [0.3, 0.4) is 0 Å². The predicted molar refractivity (Wildman–Crippen MR) is 81.1 cm³/mol. The van der Waals surface area contributed by atoms with Crippen molar-refractivity contribution in [1.29, 1.82) is 0 Å². The van der Waals surface area contributed by atoms with Crippen molar-refractivity contribution in [2.75, 3.05) is 24.6 Å². The lowest BCUT2D eigenvalue weighted by Crippen LogP contribution is -2.40. The number of hydrogen-bond donors (Lipinski definition) is 2. The van der Waals surface area contributed by atoms with Crippen molar-refractivity contribution in [3.05, 3.63) is 24.0 Å². The quantitative estimate of drug-likeness (QED) is 0.597. The summed E-state index contributed by atoms with van der Waals surface area (Å²) in [6.45, 7) is 4.80. The van der Waals surface area contributed by atoms with Crippen LogP contribution < -0.4 is 11.1 Å². The molecule has 1 aromatic carbocycles. The molecule has 0 saturated carbocycles. The highest BCUT2D eigenvalue weighted by Crippen LogP contribution is 2.18. The van der Waals surface area contributed by atoms with E-state index in [1.165, 1.54) is 18.2 Å². The van der Waals surface area contributed by atoms with E-state index in [4.69, 9.17) is 5.73 Å². The average Bonchev–Trinajstić information content (AvgIpc) is 2.42. The molecule has 1 atom stereocenters. The van der Waals surface area contributed by atoms with Gasteiger partial charge in [-0.2, -0.15) is 0 Å². The van der Waals surface area contributed by atoms with Gasteiger partial charge in [-0.3, -0.25) is 9.69 Å². The van der Waals surface area contributed by atoms with Crippen LogP contribution in [0.1, 0.15) is 33.1 Å². The first-order chi connectivity index (χ1) is 9.45. The zero-order valence-electron chi connectivity index (χ0n) is 12.4. The molecule has 1 unspecified atom stereocenters. The van der Waals surface area contributed by atoms with Gasteiger partial charge < -0.3 is 11.1 Å². The summed E-state index contributed by atoms with van der Waals surface area (Å²) in [5.74, 6) is -0.707. The average molecular weight is 281 g/mol. The molecule has 0 aromatic heterocycles. The van der Waals surface area contributed by atoms with Gasteiger partial charge in [0.05, 0.1) is 11.7 Å². The van der Waals surface area contributed by atoms with Gasteiger partial charge >= 0.3 is 0 Å². The van der Waals surface area contributed by atoms with Gasteiger partial charge in [0.15, 0.2) is 0 Å². The maximum Gasteiger partial charge on any atom is 0.241 e. The van der Waals surface area contributed by atoms with Gasteiger partial charge in [-0.05, 0) is 45.1 Å². The van der Waals surface area contributed by atoms with E-state index in [2.05, 4.69) is 12.2 Å². The summed E-state index contributed by atoms with van der Waals surface area (Å²) in [6, 6.07) is 3.83. The number of nitrogen functional groups attached to an aromatic ring is 1. The minimum Gasteiger partial charge on any atom is -0.399 e. The number of hydrogen-bond acceptors (Lipinski definition) is 3. The van der Waals surface area contributed by atoms with Gasteiger partial charge in [0, 0.05) is 5.69 Å². The van der Waals surface area contributed by atoms with Gasteiger partial charge in [-0.1, -0.05) is 19.8 Å². The van der Waals surface area contributed by atoms with E-state index in [9.17, 15) is 9.18 Å². The van der Waals surface area contributed by atoms with Crippen LogP contribution in [0.25, 0.3) is 0 Å². The van der Waals surface area contributed by atoms with E-state index in [1.807, 2.05) is 18.9 Å². The maximum absolute atomic E-state index is 13.6. The van der Waals surface area contributed by atoms with Gasteiger partial charge in [-0.25, -0.2) is 4.39 Å². The number of carbonyl (C=O) groups is 1. The maximum atomic E-state index is 13.6. The lowest BCUT2D eigenvalue weighted by molar-refractivity contribution is -0.120. The van der Waals surface area contributed by atoms with Gasteiger partial charge in [0.1, 0.15) is 5.82 Å². The van der Waals surface area contributed by atoms with Crippen molar-refractivity contribution < 1.29 is 9.18 Å². The Labute approximate surface area is 120 Å². The lowest BCUT2D eigenvalue weighted by atomic mass is 10.2. The van der Waals surface area contributed by atoms with Crippen LogP contribution in [0, 0.1) is 5.82 Å². The number of rotatable bonds is 7.